The maximum absolute atomic E-state index is 13.1. The van der Waals surface area contributed by atoms with Gasteiger partial charge in [0.2, 0.25) is 0 Å². The van der Waals surface area contributed by atoms with Crippen molar-refractivity contribution in [3.8, 4) is 0 Å². The number of carbonyl (C=O) groups excluding carboxylic acids is 1. The molecule has 0 spiro atoms. The molecule has 2 aromatic carbocycles. The monoisotopic (exact) mass is 380 g/mol. The quantitative estimate of drug-likeness (QED) is 0.728. The minimum atomic E-state index is -0.441. The van der Waals surface area contributed by atoms with Crippen molar-refractivity contribution >= 4 is 11.6 Å². The number of hydrogen-bond acceptors (Lipinski definition) is 3. The highest BCUT2D eigenvalue weighted by Gasteiger charge is 2.35. The van der Waals surface area contributed by atoms with Crippen LogP contribution < -0.4 is 4.90 Å². The SMILES string of the molecule is COC(C)C(=O)N(c1ccccc1)[C@H]1CCN(CCc2ccccc2)C[C@@H]1C. The first-order chi connectivity index (χ1) is 13.6. The molecule has 0 saturated carbocycles. The summed E-state index contributed by atoms with van der Waals surface area (Å²) in [6.07, 6.45) is 1.61. The molecule has 0 aromatic heterocycles. The molecule has 0 bridgehead atoms. The van der Waals surface area contributed by atoms with Crippen LogP contribution in [-0.4, -0.2) is 49.7 Å². The van der Waals surface area contributed by atoms with Gasteiger partial charge in [-0.15, -0.1) is 0 Å². The van der Waals surface area contributed by atoms with Gasteiger partial charge >= 0.3 is 0 Å². The highest BCUT2D eigenvalue weighted by molar-refractivity contribution is 5.97. The first-order valence-electron chi connectivity index (χ1n) is 10.3. The van der Waals surface area contributed by atoms with Gasteiger partial charge in [-0.1, -0.05) is 55.5 Å². The van der Waals surface area contributed by atoms with Crippen LogP contribution in [0.15, 0.2) is 60.7 Å². The van der Waals surface area contributed by atoms with Gasteiger partial charge < -0.3 is 14.5 Å². The topological polar surface area (TPSA) is 32.8 Å². The van der Waals surface area contributed by atoms with Crippen LogP contribution in [0, 0.1) is 5.92 Å². The predicted octanol–water partition coefficient (Wildman–Crippen LogP) is 4.01. The smallest absolute Gasteiger partial charge is 0.256 e. The zero-order valence-electron chi connectivity index (χ0n) is 17.3. The molecule has 4 nitrogen and oxygen atoms in total. The number of ether oxygens (including phenoxy) is 1. The number of rotatable bonds is 7. The molecule has 1 heterocycles. The summed E-state index contributed by atoms with van der Waals surface area (Å²) in [6.45, 7) is 7.18. The first-order valence-corrected chi connectivity index (χ1v) is 10.3. The summed E-state index contributed by atoms with van der Waals surface area (Å²) >= 11 is 0. The van der Waals surface area contributed by atoms with Crippen LogP contribution >= 0.6 is 0 Å². The Morgan fingerprint density at radius 3 is 2.39 bits per heavy atom. The summed E-state index contributed by atoms with van der Waals surface area (Å²) in [5.74, 6) is 0.445. The largest absolute Gasteiger partial charge is 0.372 e. The van der Waals surface area contributed by atoms with Crippen molar-refractivity contribution in [2.75, 3.05) is 31.6 Å². The summed E-state index contributed by atoms with van der Waals surface area (Å²) < 4.78 is 5.35. The molecular formula is C24H32N2O2. The zero-order valence-corrected chi connectivity index (χ0v) is 17.3. The number of carbonyl (C=O) groups is 1. The van der Waals surface area contributed by atoms with Crippen molar-refractivity contribution in [2.45, 2.75) is 38.8 Å². The summed E-state index contributed by atoms with van der Waals surface area (Å²) in [6, 6.07) is 20.9. The second-order valence-electron chi connectivity index (χ2n) is 7.79. The average molecular weight is 381 g/mol. The Balaban J connectivity index is 1.68. The summed E-state index contributed by atoms with van der Waals surface area (Å²) in [4.78, 5) is 17.6. The number of nitrogens with zero attached hydrogens (tertiary/aromatic N) is 2. The van der Waals surface area contributed by atoms with Crippen molar-refractivity contribution in [3.63, 3.8) is 0 Å². The predicted molar refractivity (Wildman–Crippen MR) is 115 cm³/mol. The average Bonchev–Trinajstić information content (AvgIpc) is 2.74. The van der Waals surface area contributed by atoms with E-state index < -0.39 is 6.10 Å². The number of benzene rings is 2. The van der Waals surface area contributed by atoms with E-state index in [4.69, 9.17) is 4.74 Å². The van der Waals surface area contributed by atoms with E-state index in [9.17, 15) is 4.79 Å². The number of hydrogen-bond donors (Lipinski definition) is 0. The molecule has 2 aromatic rings. The minimum Gasteiger partial charge on any atom is -0.372 e. The van der Waals surface area contributed by atoms with Crippen LogP contribution in [0.3, 0.4) is 0 Å². The van der Waals surface area contributed by atoms with Gasteiger partial charge in [-0.25, -0.2) is 0 Å². The Morgan fingerprint density at radius 1 is 1.14 bits per heavy atom. The third-order valence-electron chi connectivity index (χ3n) is 5.81. The van der Waals surface area contributed by atoms with E-state index in [2.05, 4.69) is 42.2 Å². The molecule has 1 aliphatic rings. The molecule has 0 radical (unpaired) electrons. The molecule has 1 amide bonds. The summed E-state index contributed by atoms with van der Waals surface area (Å²) in [5, 5.41) is 0. The van der Waals surface area contributed by atoms with Gasteiger partial charge in [0.15, 0.2) is 0 Å². The lowest BCUT2D eigenvalue weighted by molar-refractivity contribution is -0.128. The van der Waals surface area contributed by atoms with Crippen molar-refractivity contribution in [1.82, 2.24) is 4.90 Å². The van der Waals surface area contributed by atoms with E-state index in [1.807, 2.05) is 42.2 Å². The second-order valence-corrected chi connectivity index (χ2v) is 7.79. The molecule has 1 aliphatic heterocycles. The van der Waals surface area contributed by atoms with Crippen LogP contribution in [0.25, 0.3) is 0 Å². The highest BCUT2D eigenvalue weighted by atomic mass is 16.5. The molecule has 3 rings (SSSR count). The molecule has 1 unspecified atom stereocenters. The van der Waals surface area contributed by atoms with E-state index in [0.717, 1.165) is 38.2 Å². The molecule has 4 heteroatoms. The summed E-state index contributed by atoms with van der Waals surface area (Å²) in [5.41, 5.74) is 2.35. The van der Waals surface area contributed by atoms with Gasteiger partial charge in [-0.05, 0) is 43.4 Å². The van der Waals surface area contributed by atoms with Crippen molar-refractivity contribution in [3.05, 3.63) is 66.2 Å². The fourth-order valence-corrected chi connectivity index (χ4v) is 4.11. The van der Waals surface area contributed by atoms with Crippen LogP contribution in [0.2, 0.25) is 0 Å². The first kappa shape index (κ1) is 20.6. The van der Waals surface area contributed by atoms with Gasteiger partial charge in [0.05, 0.1) is 0 Å². The van der Waals surface area contributed by atoms with Crippen LogP contribution in [0.5, 0.6) is 0 Å². The molecular weight excluding hydrogens is 348 g/mol. The zero-order chi connectivity index (χ0) is 19.9. The fraction of sp³-hybridized carbons (Fsp3) is 0.458. The lowest BCUT2D eigenvalue weighted by Crippen LogP contribution is -2.54. The molecule has 0 aliphatic carbocycles. The molecule has 1 fully saturated rings. The van der Waals surface area contributed by atoms with E-state index in [1.54, 1.807) is 7.11 Å². The number of anilines is 1. The van der Waals surface area contributed by atoms with Gasteiger partial charge in [-0.2, -0.15) is 0 Å². The molecule has 1 saturated heterocycles. The van der Waals surface area contributed by atoms with E-state index in [-0.39, 0.29) is 11.9 Å². The normalized spacial score (nSPS) is 21.2. The lowest BCUT2D eigenvalue weighted by atomic mass is 9.91. The Kier molecular flexibility index (Phi) is 7.24. The maximum atomic E-state index is 13.1. The number of methoxy groups -OCH3 is 1. The lowest BCUT2D eigenvalue weighted by Gasteiger charge is -2.43. The number of para-hydroxylation sites is 1. The van der Waals surface area contributed by atoms with Crippen LogP contribution in [-0.2, 0) is 16.0 Å². The Labute approximate surface area is 169 Å². The Bertz CT molecular complexity index is 735. The van der Waals surface area contributed by atoms with E-state index >= 15 is 0 Å². The number of likely N-dealkylation sites (tertiary alicyclic amines) is 1. The Hall–Kier alpha value is -2.17. The summed E-state index contributed by atoms with van der Waals surface area (Å²) in [7, 11) is 1.60. The van der Waals surface area contributed by atoms with Crippen LogP contribution in [0.4, 0.5) is 5.69 Å². The Morgan fingerprint density at radius 2 is 1.79 bits per heavy atom. The maximum Gasteiger partial charge on any atom is 0.256 e. The van der Waals surface area contributed by atoms with Gasteiger partial charge in [0.1, 0.15) is 6.10 Å². The van der Waals surface area contributed by atoms with Crippen molar-refractivity contribution < 1.29 is 9.53 Å². The standard InChI is InChI=1S/C24H32N2O2/c1-19-18-25(16-14-21-10-6-4-7-11-21)17-15-23(19)26(24(27)20(2)28-3)22-12-8-5-9-13-22/h4-13,19-20,23H,14-18H2,1-3H3/t19-,20?,23-/m0/s1. The van der Waals surface area contributed by atoms with Gasteiger partial charge in [-0.3, -0.25) is 4.79 Å². The third kappa shape index (κ3) is 5.00. The molecule has 150 valence electrons. The molecule has 3 atom stereocenters. The highest BCUT2D eigenvalue weighted by Crippen LogP contribution is 2.28. The van der Waals surface area contributed by atoms with E-state index in [0.29, 0.717) is 5.92 Å². The van der Waals surface area contributed by atoms with Crippen molar-refractivity contribution in [1.29, 1.82) is 0 Å². The van der Waals surface area contributed by atoms with E-state index in [1.165, 1.54) is 5.56 Å². The van der Waals surface area contributed by atoms with Crippen LogP contribution in [0.1, 0.15) is 25.8 Å². The molecule has 0 N–H and O–H groups in total. The number of amides is 1. The fourth-order valence-electron chi connectivity index (χ4n) is 4.11. The van der Waals surface area contributed by atoms with Crippen molar-refractivity contribution in [2.24, 2.45) is 5.92 Å². The minimum absolute atomic E-state index is 0.0447. The third-order valence-corrected chi connectivity index (χ3v) is 5.81. The van der Waals surface area contributed by atoms with Gasteiger partial charge in [0.25, 0.3) is 5.91 Å². The van der Waals surface area contributed by atoms with Gasteiger partial charge in [0, 0.05) is 38.5 Å². The number of piperidine rings is 1. The molecule has 28 heavy (non-hydrogen) atoms. The second kappa shape index (κ2) is 9.85.